The van der Waals surface area contributed by atoms with E-state index < -0.39 is 0 Å². The highest BCUT2D eigenvalue weighted by Crippen LogP contribution is 2.26. The van der Waals surface area contributed by atoms with Gasteiger partial charge in [-0.1, -0.05) is 61.5 Å². The molecule has 1 atom stereocenters. The molecule has 7 nitrogen and oxygen atoms in total. The number of carbonyl (C=O) groups is 2. The van der Waals surface area contributed by atoms with Crippen LogP contribution in [0.4, 0.5) is 5.69 Å². The second-order valence-electron chi connectivity index (χ2n) is 8.80. The van der Waals surface area contributed by atoms with Crippen molar-refractivity contribution in [1.29, 1.82) is 0 Å². The molecule has 2 N–H and O–H groups in total. The Bertz CT molecular complexity index is 1190. The summed E-state index contributed by atoms with van der Waals surface area (Å²) in [5.74, 6) is 0.814. The molecule has 0 spiro atoms. The molecule has 2 aromatic carbocycles. The van der Waals surface area contributed by atoms with E-state index in [9.17, 15) is 9.59 Å². The Labute approximate surface area is 216 Å². The molecule has 3 aromatic rings. The van der Waals surface area contributed by atoms with Crippen molar-refractivity contribution in [2.45, 2.75) is 58.8 Å². The molecule has 0 aliphatic carbocycles. The maximum absolute atomic E-state index is 13.0. The number of amides is 2. The molecule has 1 aromatic heterocycles. The van der Waals surface area contributed by atoms with Crippen LogP contribution in [0.25, 0.3) is 0 Å². The highest BCUT2D eigenvalue weighted by Gasteiger charge is 2.25. The van der Waals surface area contributed by atoms with Crippen molar-refractivity contribution in [2.24, 2.45) is 5.92 Å². The number of aromatic nitrogens is 3. The summed E-state index contributed by atoms with van der Waals surface area (Å²) in [4.78, 5) is 25.6. The highest BCUT2D eigenvalue weighted by molar-refractivity contribution is 7.99. The van der Waals surface area contributed by atoms with E-state index >= 15 is 0 Å². The molecule has 0 aliphatic heterocycles. The van der Waals surface area contributed by atoms with E-state index in [-0.39, 0.29) is 23.6 Å². The molecule has 35 heavy (non-hydrogen) atoms. The minimum Gasteiger partial charge on any atom is -0.342 e. The van der Waals surface area contributed by atoms with Crippen LogP contribution >= 0.6 is 23.4 Å². The molecular weight excluding hydrogens is 482 g/mol. The molecule has 9 heteroatoms. The van der Waals surface area contributed by atoms with Gasteiger partial charge in [0.05, 0.1) is 22.4 Å². The van der Waals surface area contributed by atoms with Crippen molar-refractivity contribution >= 4 is 40.9 Å². The topological polar surface area (TPSA) is 88.9 Å². The van der Waals surface area contributed by atoms with Crippen LogP contribution in [0.2, 0.25) is 5.02 Å². The Hall–Kier alpha value is -2.84. The molecule has 186 valence electrons. The Morgan fingerprint density at radius 2 is 1.83 bits per heavy atom. The zero-order valence-electron chi connectivity index (χ0n) is 20.8. The number of anilines is 1. The van der Waals surface area contributed by atoms with Gasteiger partial charge in [0.1, 0.15) is 0 Å². The zero-order valence-corrected chi connectivity index (χ0v) is 22.3. The van der Waals surface area contributed by atoms with Gasteiger partial charge in [-0.3, -0.25) is 9.59 Å². The maximum Gasteiger partial charge on any atom is 0.253 e. The Morgan fingerprint density at radius 1 is 1.09 bits per heavy atom. The predicted octanol–water partition coefficient (Wildman–Crippen LogP) is 5.82. The average molecular weight is 514 g/mol. The molecular formula is C26H32ClN5O2S. The summed E-state index contributed by atoms with van der Waals surface area (Å²) in [6.07, 6.45) is 0.687. The van der Waals surface area contributed by atoms with Crippen molar-refractivity contribution < 1.29 is 9.59 Å². The zero-order chi connectivity index (χ0) is 25.5. The van der Waals surface area contributed by atoms with Gasteiger partial charge in [0.25, 0.3) is 5.91 Å². The second kappa shape index (κ2) is 12.2. The van der Waals surface area contributed by atoms with Gasteiger partial charge < -0.3 is 15.2 Å². The Balaban J connectivity index is 1.75. The Kier molecular flexibility index (Phi) is 9.34. The normalized spacial score (nSPS) is 12.0. The van der Waals surface area contributed by atoms with Crippen molar-refractivity contribution in [3.05, 3.63) is 70.0 Å². The van der Waals surface area contributed by atoms with Gasteiger partial charge in [-0.2, -0.15) is 0 Å². The van der Waals surface area contributed by atoms with Gasteiger partial charge in [0.15, 0.2) is 11.0 Å². The van der Waals surface area contributed by atoms with Gasteiger partial charge in [-0.05, 0) is 62.4 Å². The second-order valence-corrected chi connectivity index (χ2v) is 10.2. The number of carbonyl (C=O) groups excluding carboxylic acids is 2. The molecule has 1 heterocycles. The first-order chi connectivity index (χ1) is 16.7. The SMILES string of the molecule is CCn1c(SCC(=O)Nc2cccc(C)c2C)nnc1[C@H](CC(C)C)NC(=O)c1ccccc1Cl. The lowest BCUT2D eigenvalue weighted by Gasteiger charge is -2.21. The molecule has 0 fully saturated rings. The van der Waals surface area contributed by atoms with Gasteiger partial charge in [0, 0.05) is 12.2 Å². The largest absolute Gasteiger partial charge is 0.342 e. The maximum atomic E-state index is 13.0. The summed E-state index contributed by atoms with van der Waals surface area (Å²) < 4.78 is 1.95. The summed E-state index contributed by atoms with van der Waals surface area (Å²) in [5.41, 5.74) is 3.41. The quantitative estimate of drug-likeness (QED) is 0.333. The van der Waals surface area contributed by atoms with Crippen molar-refractivity contribution in [3.8, 4) is 0 Å². The van der Waals surface area contributed by atoms with Crippen LogP contribution in [0, 0.1) is 19.8 Å². The highest BCUT2D eigenvalue weighted by atomic mass is 35.5. The van der Waals surface area contributed by atoms with Crippen molar-refractivity contribution in [3.63, 3.8) is 0 Å². The summed E-state index contributed by atoms with van der Waals surface area (Å²) in [6.45, 7) is 10.8. The number of hydrogen-bond donors (Lipinski definition) is 2. The van der Waals surface area contributed by atoms with Gasteiger partial charge in [-0.15, -0.1) is 10.2 Å². The van der Waals surface area contributed by atoms with E-state index in [1.807, 2.05) is 43.5 Å². The van der Waals surface area contributed by atoms with Gasteiger partial charge >= 0.3 is 0 Å². The number of rotatable bonds is 10. The molecule has 0 saturated heterocycles. The van der Waals surface area contributed by atoms with Crippen LogP contribution in [0.3, 0.4) is 0 Å². The van der Waals surface area contributed by atoms with E-state index in [1.165, 1.54) is 11.8 Å². The third-order valence-electron chi connectivity index (χ3n) is 5.72. The lowest BCUT2D eigenvalue weighted by molar-refractivity contribution is -0.113. The number of hydrogen-bond acceptors (Lipinski definition) is 5. The van der Waals surface area contributed by atoms with Crippen LogP contribution in [0.5, 0.6) is 0 Å². The number of nitrogens with zero attached hydrogens (tertiary/aromatic N) is 3. The summed E-state index contributed by atoms with van der Waals surface area (Å²) in [5, 5.41) is 15.9. The number of aryl methyl sites for hydroxylation is 1. The summed E-state index contributed by atoms with van der Waals surface area (Å²) in [7, 11) is 0. The number of benzene rings is 2. The first kappa shape index (κ1) is 26.8. The van der Waals surface area contributed by atoms with E-state index in [1.54, 1.807) is 24.3 Å². The van der Waals surface area contributed by atoms with Crippen LogP contribution in [-0.4, -0.2) is 32.3 Å². The lowest BCUT2D eigenvalue weighted by Crippen LogP contribution is -2.31. The molecule has 0 bridgehead atoms. The van der Waals surface area contributed by atoms with Crippen molar-refractivity contribution in [1.82, 2.24) is 20.1 Å². The summed E-state index contributed by atoms with van der Waals surface area (Å²) >= 11 is 7.56. The monoisotopic (exact) mass is 513 g/mol. The van der Waals surface area contributed by atoms with E-state index in [0.717, 1.165) is 16.8 Å². The van der Waals surface area contributed by atoms with Gasteiger partial charge in [-0.25, -0.2) is 0 Å². The van der Waals surface area contributed by atoms with Crippen LogP contribution in [-0.2, 0) is 11.3 Å². The third kappa shape index (κ3) is 6.86. The van der Waals surface area contributed by atoms with Crippen LogP contribution < -0.4 is 10.6 Å². The minimum atomic E-state index is -0.343. The fourth-order valence-electron chi connectivity index (χ4n) is 3.75. The average Bonchev–Trinajstić information content (AvgIpc) is 3.23. The van der Waals surface area contributed by atoms with Crippen molar-refractivity contribution in [2.75, 3.05) is 11.1 Å². The fourth-order valence-corrected chi connectivity index (χ4v) is 4.78. The molecule has 0 radical (unpaired) electrons. The van der Waals surface area contributed by atoms with E-state index in [4.69, 9.17) is 11.6 Å². The number of halogens is 1. The first-order valence-electron chi connectivity index (χ1n) is 11.7. The van der Waals surface area contributed by atoms with E-state index in [0.29, 0.717) is 40.5 Å². The third-order valence-corrected chi connectivity index (χ3v) is 7.01. The Morgan fingerprint density at radius 3 is 2.51 bits per heavy atom. The molecule has 0 unspecified atom stereocenters. The standard InChI is InChI=1S/C26H32ClN5O2S/c1-6-32-24(22(14-16(2)3)29-25(34)19-11-7-8-12-20(19)27)30-31-26(32)35-15-23(33)28-21-13-9-10-17(4)18(21)5/h7-13,16,22H,6,14-15H2,1-5H3,(H,28,33)(H,29,34)/t22-/m0/s1. The number of thioether (sulfide) groups is 1. The van der Waals surface area contributed by atoms with E-state index in [2.05, 4.69) is 34.7 Å². The lowest BCUT2D eigenvalue weighted by atomic mass is 10.0. The molecule has 3 rings (SSSR count). The molecule has 2 amide bonds. The van der Waals surface area contributed by atoms with Gasteiger partial charge in [0.2, 0.25) is 5.91 Å². The fraction of sp³-hybridized carbons (Fsp3) is 0.385. The first-order valence-corrected chi connectivity index (χ1v) is 13.0. The molecule has 0 aliphatic rings. The number of nitrogens with one attached hydrogen (secondary N) is 2. The van der Waals surface area contributed by atoms with Crippen LogP contribution in [0.1, 0.15) is 60.5 Å². The van der Waals surface area contributed by atoms with Crippen LogP contribution in [0.15, 0.2) is 47.6 Å². The summed E-state index contributed by atoms with van der Waals surface area (Å²) in [6, 6.07) is 12.5. The molecule has 0 saturated carbocycles. The smallest absolute Gasteiger partial charge is 0.253 e. The predicted molar refractivity (Wildman–Crippen MR) is 142 cm³/mol. The minimum absolute atomic E-state index is 0.110.